The highest BCUT2D eigenvalue weighted by molar-refractivity contribution is 7.53. The molecule has 0 atom stereocenters. The summed E-state index contributed by atoms with van der Waals surface area (Å²) in [5, 5.41) is 8.44. The average Bonchev–Trinajstić information content (AvgIpc) is 2.98. The topological polar surface area (TPSA) is 92.5 Å². The molecule has 2 aromatic rings. The molecular formula is C17H24N3O5P. The van der Waals surface area contributed by atoms with E-state index in [1.807, 2.05) is 12.1 Å². The Morgan fingerprint density at radius 2 is 1.65 bits per heavy atom. The Morgan fingerprint density at radius 3 is 2.19 bits per heavy atom. The summed E-state index contributed by atoms with van der Waals surface area (Å²) >= 11 is 0. The van der Waals surface area contributed by atoms with Crippen LogP contribution in [0.5, 0.6) is 0 Å². The molecule has 0 saturated heterocycles. The third-order valence-electron chi connectivity index (χ3n) is 3.45. The number of benzene rings is 1. The molecule has 1 aromatic heterocycles. The molecule has 2 rings (SSSR count). The van der Waals surface area contributed by atoms with Crippen LogP contribution in [-0.4, -0.2) is 40.8 Å². The van der Waals surface area contributed by atoms with Crippen molar-refractivity contribution >= 4 is 13.6 Å². The molecule has 0 fully saturated rings. The Kier molecular flexibility index (Phi) is 7.08. The summed E-state index contributed by atoms with van der Waals surface area (Å²) in [6, 6.07) is 7.18. The molecule has 0 N–H and O–H groups in total. The van der Waals surface area contributed by atoms with Crippen LogP contribution >= 0.6 is 7.60 Å². The van der Waals surface area contributed by atoms with E-state index in [1.165, 1.54) is 4.80 Å². The van der Waals surface area contributed by atoms with Crippen molar-refractivity contribution in [1.82, 2.24) is 15.0 Å². The fourth-order valence-corrected chi connectivity index (χ4v) is 4.06. The van der Waals surface area contributed by atoms with Gasteiger partial charge < -0.3 is 13.8 Å². The molecule has 9 heteroatoms. The van der Waals surface area contributed by atoms with Crippen LogP contribution in [0.4, 0.5) is 0 Å². The lowest BCUT2D eigenvalue weighted by atomic mass is 10.2. The van der Waals surface area contributed by atoms with Gasteiger partial charge in [-0.15, -0.1) is 5.10 Å². The van der Waals surface area contributed by atoms with Gasteiger partial charge >= 0.3 is 13.6 Å². The number of hydrogen-bond acceptors (Lipinski definition) is 7. The third kappa shape index (κ3) is 5.00. The molecular weight excluding hydrogens is 357 g/mol. The van der Waals surface area contributed by atoms with Gasteiger partial charge in [0.25, 0.3) is 0 Å². The monoisotopic (exact) mass is 381 g/mol. The lowest BCUT2D eigenvalue weighted by molar-refractivity contribution is 0.0518. The normalized spacial score (nSPS) is 11.5. The predicted molar refractivity (Wildman–Crippen MR) is 96.6 cm³/mol. The zero-order valence-corrected chi connectivity index (χ0v) is 16.4. The van der Waals surface area contributed by atoms with Crippen molar-refractivity contribution in [2.24, 2.45) is 0 Å². The number of rotatable bonds is 9. The summed E-state index contributed by atoms with van der Waals surface area (Å²) in [5.41, 5.74) is 2.17. The van der Waals surface area contributed by atoms with Crippen LogP contribution in [0.15, 0.2) is 24.3 Å². The maximum absolute atomic E-state index is 12.6. The molecule has 0 aliphatic carbocycles. The highest BCUT2D eigenvalue weighted by Crippen LogP contribution is 2.51. The van der Waals surface area contributed by atoms with Crippen LogP contribution < -0.4 is 0 Å². The van der Waals surface area contributed by atoms with E-state index in [4.69, 9.17) is 13.8 Å². The Morgan fingerprint density at radius 1 is 1.04 bits per heavy atom. The Labute approximate surface area is 153 Å². The summed E-state index contributed by atoms with van der Waals surface area (Å²) in [7, 11) is -3.15. The van der Waals surface area contributed by atoms with E-state index in [-0.39, 0.29) is 18.5 Å². The maximum Gasteiger partial charge on any atom is 0.360 e. The fraction of sp³-hybridized carbons (Fsp3) is 0.471. The first-order chi connectivity index (χ1) is 12.4. The van der Waals surface area contributed by atoms with E-state index in [0.717, 1.165) is 5.56 Å². The van der Waals surface area contributed by atoms with E-state index in [0.29, 0.717) is 24.6 Å². The number of ether oxygens (including phenoxy) is 1. The van der Waals surface area contributed by atoms with Crippen molar-refractivity contribution in [3.8, 4) is 5.69 Å². The van der Waals surface area contributed by atoms with Gasteiger partial charge in [0.1, 0.15) is 0 Å². The van der Waals surface area contributed by atoms with Crippen LogP contribution in [0.1, 0.15) is 42.5 Å². The second kappa shape index (κ2) is 9.07. The van der Waals surface area contributed by atoms with Gasteiger partial charge in [-0.25, -0.2) is 4.79 Å². The van der Waals surface area contributed by atoms with Crippen LogP contribution in [0, 0.1) is 6.92 Å². The van der Waals surface area contributed by atoms with Gasteiger partial charge in [-0.1, -0.05) is 12.1 Å². The van der Waals surface area contributed by atoms with Crippen molar-refractivity contribution in [2.45, 2.75) is 33.9 Å². The molecule has 0 spiro atoms. The molecule has 8 nitrogen and oxygen atoms in total. The molecule has 142 valence electrons. The first-order valence-electron chi connectivity index (χ1n) is 8.51. The van der Waals surface area contributed by atoms with Gasteiger partial charge in [0.2, 0.25) is 0 Å². The second-order valence-corrected chi connectivity index (χ2v) is 7.47. The number of carbonyl (C=O) groups is 1. The molecule has 0 bridgehead atoms. The predicted octanol–water partition coefficient (Wildman–Crippen LogP) is 3.52. The summed E-state index contributed by atoms with van der Waals surface area (Å²) in [6.45, 7) is 7.91. The van der Waals surface area contributed by atoms with Crippen molar-refractivity contribution in [3.63, 3.8) is 0 Å². The minimum absolute atomic E-state index is 0.188. The number of nitrogens with zero attached hydrogens (tertiary/aromatic N) is 3. The minimum atomic E-state index is -3.15. The summed E-state index contributed by atoms with van der Waals surface area (Å²) < 4.78 is 28.2. The van der Waals surface area contributed by atoms with E-state index in [2.05, 4.69) is 10.2 Å². The van der Waals surface area contributed by atoms with Crippen LogP contribution in [-0.2, 0) is 24.5 Å². The van der Waals surface area contributed by atoms with Crippen LogP contribution in [0.25, 0.3) is 5.69 Å². The number of aryl methyl sites for hydroxylation is 1. The lowest BCUT2D eigenvalue weighted by Crippen LogP contribution is -2.07. The molecule has 0 amide bonds. The van der Waals surface area contributed by atoms with Crippen molar-refractivity contribution in [2.75, 3.05) is 19.8 Å². The van der Waals surface area contributed by atoms with Gasteiger partial charge in [-0.05, 0) is 45.4 Å². The van der Waals surface area contributed by atoms with Gasteiger partial charge in [0, 0.05) is 0 Å². The molecule has 0 aliphatic rings. The zero-order valence-electron chi connectivity index (χ0n) is 15.5. The van der Waals surface area contributed by atoms with Crippen molar-refractivity contribution in [3.05, 3.63) is 41.2 Å². The van der Waals surface area contributed by atoms with Gasteiger partial charge in [-0.2, -0.15) is 9.90 Å². The second-order valence-electron chi connectivity index (χ2n) is 5.41. The maximum atomic E-state index is 12.6. The van der Waals surface area contributed by atoms with E-state index < -0.39 is 13.6 Å². The Balaban J connectivity index is 2.18. The molecule has 0 unspecified atom stereocenters. The smallest absolute Gasteiger partial charge is 0.360 e. The lowest BCUT2D eigenvalue weighted by Gasteiger charge is -2.17. The third-order valence-corrected chi connectivity index (χ3v) is 5.50. The van der Waals surface area contributed by atoms with E-state index in [1.54, 1.807) is 39.8 Å². The van der Waals surface area contributed by atoms with E-state index in [9.17, 15) is 9.36 Å². The molecule has 0 aliphatic heterocycles. The van der Waals surface area contributed by atoms with Crippen LogP contribution in [0.3, 0.4) is 0 Å². The number of esters is 1. The summed E-state index contributed by atoms with van der Waals surface area (Å²) in [4.78, 5) is 13.2. The molecule has 26 heavy (non-hydrogen) atoms. The highest BCUT2D eigenvalue weighted by Gasteiger charge is 2.24. The SMILES string of the molecule is CCOC(=O)c1nn(-c2ccc(CP(=O)(OCC)OCC)cc2)nc1C. The average molecular weight is 381 g/mol. The molecule has 1 aromatic carbocycles. The quantitative estimate of drug-likeness (QED) is 0.485. The Bertz CT molecular complexity index is 778. The number of carbonyl (C=O) groups excluding carboxylic acids is 1. The zero-order chi connectivity index (χ0) is 19.2. The molecule has 1 heterocycles. The largest absolute Gasteiger partial charge is 0.461 e. The highest BCUT2D eigenvalue weighted by atomic mass is 31.2. The minimum Gasteiger partial charge on any atom is -0.461 e. The van der Waals surface area contributed by atoms with Gasteiger partial charge in [-0.3, -0.25) is 4.57 Å². The first kappa shape index (κ1) is 20.3. The standard InChI is InChI=1S/C17H24N3O5P/c1-5-23-17(21)16-13(4)18-20(19-16)15-10-8-14(9-11-15)12-26(22,24-6-2)25-7-3/h8-11H,5-7,12H2,1-4H3. The van der Waals surface area contributed by atoms with Crippen molar-refractivity contribution < 1.29 is 23.1 Å². The summed E-state index contributed by atoms with van der Waals surface area (Å²) in [5.74, 6) is -0.498. The van der Waals surface area contributed by atoms with Gasteiger partial charge in [0.05, 0.1) is 37.4 Å². The fourth-order valence-electron chi connectivity index (χ4n) is 2.36. The van der Waals surface area contributed by atoms with Crippen LogP contribution in [0.2, 0.25) is 0 Å². The van der Waals surface area contributed by atoms with E-state index >= 15 is 0 Å². The number of aromatic nitrogens is 3. The molecule has 0 saturated carbocycles. The van der Waals surface area contributed by atoms with Crippen molar-refractivity contribution in [1.29, 1.82) is 0 Å². The van der Waals surface area contributed by atoms with Gasteiger partial charge in [0.15, 0.2) is 5.69 Å². The number of hydrogen-bond donors (Lipinski definition) is 0. The molecule has 0 radical (unpaired) electrons. The Hall–Kier alpha value is -2.02. The first-order valence-corrected chi connectivity index (χ1v) is 10.2. The summed E-state index contributed by atoms with van der Waals surface area (Å²) in [6.07, 6.45) is 0.189.